The maximum Gasteiger partial charge on any atom is 0.217 e. The van der Waals surface area contributed by atoms with Gasteiger partial charge >= 0.3 is 0 Å². The van der Waals surface area contributed by atoms with E-state index in [-0.39, 0.29) is 0 Å². The van der Waals surface area contributed by atoms with Crippen LogP contribution in [0.15, 0.2) is 0 Å². The van der Waals surface area contributed by atoms with Gasteiger partial charge < -0.3 is 250 Å². The van der Waals surface area contributed by atoms with Crippen molar-refractivity contribution in [2.75, 3.05) is 59.5 Å². The predicted octanol–water partition coefficient (Wildman–Crippen LogP) is -20.9. The highest BCUT2D eigenvalue weighted by Crippen LogP contribution is 2.42. The maximum absolute atomic E-state index is 13.6. The van der Waals surface area contributed by atoms with Gasteiger partial charge in [0.2, 0.25) is 35.4 Å². The predicted molar refractivity (Wildman–Crippen MR) is 398 cm³/mol. The molecule has 31 N–H and O–H groups in total. The van der Waals surface area contributed by atoms with Gasteiger partial charge in [-0.15, -0.1) is 0 Å². The lowest BCUT2D eigenvalue weighted by Crippen LogP contribution is -2.72. The van der Waals surface area contributed by atoms with Crippen LogP contribution in [0.2, 0.25) is 0 Å². The largest absolute Gasteiger partial charge is 0.394 e. The Bertz CT molecular complexity index is 3550. The fourth-order valence-corrected chi connectivity index (χ4v) is 16.6. The van der Waals surface area contributed by atoms with E-state index in [1.54, 1.807) is 0 Å². The molecule has 10 saturated heterocycles. The van der Waals surface area contributed by atoms with E-state index < -0.39 is 402 Å². The Morgan fingerprint density at radius 3 is 0.867 bits per heavy atom. The maximum atomic E-state index is 13.6. The molecule has 128 heavy (non-hydrogen) atoms. The van der Waals surface area contributed by atoms with E-state index >= 15 is 0 Å². The minimum Gasteiger partial charge on any atom is -0.394 e. The molecular weight excluding hydrogens is 1750 g/mol. The molecule has 0 spiro atoms. The van der Waals surface area contributed by atoms with Crippen LogP contribution >= 0.6 is 0 Å². The van der Waals surface area contributed by atoms with Crippen molar-refractivity contribution in [2.24, 2.45) is 0 Å². The highest BCUT2D eigenvalue weighted by molar-refractivity contribution is 5.75. The molecule has 0 radical (unpaired) electrons. The van der Waals surface area contributed by atoms with Gasteiger partial charge in [-0.25, -0.2) is 0 Å². The lowest BCUT2D eigenvalue weighted by atomic mass is 9.93. The molecule has 0 aliphatic carbocycles. The van der Waals surface area contributed by atoms with E-state index in [0.717, 1.165) is 41.5 Å². The SMILES string of the molecule is CC(=O)N[C@H]1[C@H](O[C@H]2[C@H](O)[C@@H](NC(C)=O)C(O)O[C@@H]2CO[C@@H]2O[C@@H](C)[C@@H](O)[C@@H](O)[C@@H]2O)O[C@H](CO)[C@@H](O[C@@H]2O[C@H](CO[C@H]3O[C@H](CO)[C@@H](O)[C@H](O)[C@@H]3O[C@@H]3O[C@H](CO)[C@@H](O)[C@H](O)[C@H]3NC(C)=O)[C@@H](O[C@@H]3O[C@H](CO)[C@@H](O)[C@H](O)[C@H]3NC(C)=O)[C@H](O[C@H]3O[C@H](CO)[C@@H](O[C@@H]4O[C@H](CO)[C@@H](O)[C@H](O)[C@H]4NC(C)=O)[C@H](O)[C@@H]3O[C@@H]3O[C@H](CO)[C@@H](O)[C@H](O)[C@H]3NC(C)=O)[C@@H]2O)[C@@H]1O. The average molecular weight is 1870 g/mol. The van der Waals surface area contributed by atoms with Crippen LogP contribution in [0.25, 0.3) is 0 Å². The summed E-state index contributed by atoms with van der Waals surface area (Å²) in [6.45, 7) is -3.70. The quantitative estimate of drug-likeness (QED) is 0.0290. The summed E-state index contributed by atoms with van der Waals surface area (Å²) < 4.78 is 117. The number of carbonyl (C=O) groups excluding carboxylic acids is 6. The van der Waals surface area contributed by atoms with Gasteiger partial charge in [0.25, 0.3) is 0 Å². The molecule has 0 bridgehead atoms. The number of ether oxygens (including phenoxy) is 19. The fraction of sp³-hybridized carbons (Fsp3) is 0.917. The van der Waals surface area contributed by atoms with Crippen LogP contribution < -0.4 is 31.9 Å². The average Bonchev–Trinajstić information content (AvgIpc) is 0.753. The molecule has 1 unspecified atom stereocenters. The van der Waals surface area contributed by atoms with Gasteiger partial charge in [0.05, 0.1) is 65.6 Å². The van der Waals surface area contributed by atoms with E-state index in [4.69, 9.17) is 90.0 Å². The zero-order valence-corrected chi connectivity index (χ0v) is 69.6. The summed E-state index contributed by atoms with van der Waals surface area (Å²) in [5, 5.41) is 299. The van der Waals surface area contributed by atoms with Crippen LogP contribution in [0, 0.1) is 0 Å². The van der Waals surface area contributed by atoms with Crippen LogP contribution in [0.3, 0.4) is 0 Å². The van der Waals surface area contributed by atoms with Crippen molar-refractivity contribution in [1.82, 2.24) is 31.9 Å². The Hall–Kier alpha value is -4.94. The Kier molecular flexibility index (Phi) is 37.8. The summed E-state index contributed by atoms with van der Waals surface area (Å²) in [7, 11) is 0. The van der Waals surface area contributed by atoms with Crippen molar-refractivity contribution in [3.05, 3.63) is 0 Å². The summed E-state index contributed by atoms with van der Waals surface area (Å²) in [5.74, 6) is -5.73. The smallest absolute Gasteiger partial charge is 0.217 e. The number of aliphatic hydroxyl groups excluding tert-OH is 25. The second kappa shape index (κ2) is 46.1. The highest BCUT2D eigenvalue weighted by atomic mass is 16.8. The number of nitrogens with one attached hydrogen (secondary N) is 6. The van der Waals surface area contributed by atoms with Gasteiger partial charge in [0.1, 0.15) is 238 Å². The Labute approximate surface area is 726 Å². The summed E-state index contributed by atoms with van der Waals surface area (Å²) in [5.41, 5.74) is 0. The number of aliphatic hydroxyl groups is 25. The van der Waals surface area contributed by atoms with E-state index in [1.165, 1.54) is 6.92 Å². The van der Waals surface area contributed by atoms with E-state index in [1.807, 2.05) is 0 Å². The van der Waals surface area contributed by atoms with Crippen LogP contribution in [-0.2, 0) is 119 Å². The molecule has 56 heteroatoms. The van der Waals surface area contributed by atoms with Gasteiger partial charge in [-0.05, 0) is 6.92 Å². The molecule has 0 aromatic heterocycles. The molecule has 0 aromatic carbocycles. The minimum absolute atomic E-state index is 0.871. The minimum atomic E-state index is -2.82. The van der Waals surface area contributed by atoms with Gasteiger partial charge in [-0.2, -0.15) is 0 Å². The van der Waals surface area contributed by atoms with E-state index in [2.05, 4.69) is 31.9 Å². The highest BCUT2D eigenvalue weighted by Gasteiger charge is 2.63. The zero-order chi connectivity index (χ0) is 94.4. The van der Waals surface area contributed by atoms with Crippen molar-refractivity contribution in [3.8, 4) is 0 Å². The first-order chi connectivity index (χ1) is 60.5. The fourth-order valence-electron chi connectivity index (χ4n) is 16.6. The van der Waals surface area contributed by atoms with Gasteiger partial charge in [-0.1, -0.05) is 0 Å². The van der Waals surface area contributed by atoms with Gasteiger partial charge in [0.15, 0.2) is 62.9 Å². The molecule has 56 nitrogen and oxygen atoms in total. The van der Waals surface area contributed by atoms with Crippen LogP contribution in [0.4, 0.5) is 0 Å². The third-order valence-corrected chi connectivity index (χ3v) is 23.2. The topological polar surface area (TPSA) is 856 Å². The van der Waals surface area contributed by atoms with E-state index in [0.29, 0.717) is 0 Å². The second-order valence-corrected chi connectivity index (χ2v) is 32.5. The molecule has 10 aliphatic rings. The second-order valence-electron chi connectivity index (χ2n) is 32.5. The normalized spacial score (nSPS) is 47.8. The van der Waals surface area contributed by atoms with Crippen LogP contribution in [-0.4, -0.2) is 529 Å². The molecule has 10 rings (SSSR count). The first-order valence-electron chi connectivity index (χ1n) is 41.0. The van der Waals surface area contributed by atoms with E-state index in [9.17, 15) is 156 Å². The summed E-state index contributed by atoms with van der Waals surface area (Å²) in [6, 6.07) is -11.7. The zero-order valence-electron chi connectivity index (χ0n) is 69.6. The first kappa shape index (κ1) is 105. The van der Waals surface area contributed by atoms with Crippen molar-refractivity contribution in [2.45, 2.75) is 355 Å². The monoisotopic (exact) mass is 1870 g/mol. The van der Waals surface area contributed by atoms with Crippen molar-refractivity contribution < 1.29 is 246 Å². The Morgan fingerprint density at radius 2 is 0.484 bits per heavy atom. The van der Waals surface area contributed by atoms with Gasteiger partial charge in [-0.3, -0.25) is 28.8 Å². The summed E-state index contributed by atoms with van der Waals surface area (Å²) in [6.07, 6.45) is -95.0. The third-order valence-electron chi connectivity index (χ3n) is 23.2. The lowest BCUT2D eigenvalue weighted by molar-refractivity contribution is -0.412. The third kappa shape index (κ3) is 23.8. The number of amides is 6. The number of rotatable bonds is 33. The molecule has 0 aromatic rings. The number of hydrogen-bond donors (Lipinski definition) is 31. The van der Waals surface area contributed by atoms with Crippen molar-refractivity contribution in [3.63, 3.8) is 0 Å². The lowest BCUT2D eigenvalue weighted by Gasteiger charge is -2.53. The molecule has 6 amide bonds. The molecular formula is C72H120N6O50. The van der Waals surface area contributed by atoms with Crippen LogP contribution in [0.1, 0.15) is 48.5 Å². The van der Waals surface area contributed by atoms with Crippen molar-refractivity contribution in [1.29, 1.82) is 0 Å². The van der Waals surface area contributed by atoms with Crippen molar-refractivity contribution >= 4 is 35.4 Å². The number of carbonyl (C=O) groups is 6. The number of hydrogen-bond acceptors (Lipinski definition) is 50. The summed E-state index contributed by atoms with van der Waals surface area (Å²) in [4.78, 5) is 77.8. The standard InChI is InChI=1S/C72H120N6O50/c1-17-39(92)51(104)53(106)69(112-17)110-15-31-58(49(102)33(63(109)113-31)73-18(2)86)123-68-38(78-23(7)91)50(103)56(29(13-84)119-68)124-70-55(108)60(126-72-62(128-67-37(77-22(6)90)48(101)43(96)27(11-82)117-67)54(107)57(30(14-85)120-72)122-64-34(74-19(3)87)45(98)40(93)24(8-79)114-64)59(125-65-35(75-20(4)88)46(99)41(94)25(9-80)115-65)32(121-70)16-111-71-61(52(105)44(97)28(12-83)118-71)127-66-36(76-21(5)89)47(100)42(95)26(10-81)116-66/h17,24-72,79-85,92-109H,8-16H2,1-7H3,(H,73,86)(H,74,87)(H,75,88)(H,76,89)(H,77,90)(H,78,91)/t17-,24+,25+,26+,27+,28+,29+,30+,31+,32+,33+,34+,35+,36+,37+,38+,39+,40+,41+,42+,43+,44+,45+,46+,47+,48+,49+,50+,51+,52-,53-,54-,55-,56+,57+,58+,59+,60+,61-,62-,63?,64-,65-,66-,67-,68-,69+,70-,71-,72+/m0/s1. The Balaban J connectivity index is 1.12. The molecule has 10 heterocycles. The van der Waals surface area contributed by atoms with Gasteiger partial charge in [0, 0.05) is 41.5 Å². The molecule has 10 fully saturated rings. The first-order valence-corrected chi connectivity index (χ1v) is 41.0. The molecule has 10 aliphatic heterocycles. The molecule has 738 valence electrons. The molecule has 0 saturated carbocycles. The summed E-state index contributed by atoms with van der Waals surface area (Å²) >= 11 is 0. The van der Waals surface area contributed by atoms with Crippen LogP contribution in [0.5, 0.6) is 0 Å². The molecule has 50 atom stereocenters. The Morgan fingerprint density at radius 1 is 0.219 bits per heavy atom.